The van der Waals surface area contributed by atoms with Gasteiger partial charge in [-0.25, -0.2) is 14.8 Å². The third-order valence-corrected chi connectivity index (χ3v) is 18.5. The van der Waals surface area contributed by atoms with Gasteiger partial charge in [0.25, 0.3) is 5.91 Å². The summed E-state index contributed by atoms with van der Waals surface area (Å²) in [6.07, 6.45) is 6.03. The maximum Gasteiger partial charge on any atom is 0.358 e. The first-order valence-corrected chi connectivity index (χ1v) is 33.4. The zero-order valence-corrected chi connectivity index (χ0v) is 51.0. The van der Waals surface area contributed by atoms with E-state index in [1.165, 1.54) is 11.3 Å². The molecule has 0 radical (unpaired) electrons. The molecule has 7 heterocycles. The van der Waals surface area contributed by atoms with Gasteiger partial charge in [-0.1, -0.05) is 56.1 Å². The fourth-order valence-electron chi connectivity index (χ4n) is 11.3. The minimum atomic E-state index is -1.39. The molecule has 0 saturated carbocycles. The highest BCUT2D eigenvalue weighted by Crippen LogP contribution is 2.37. The quantitative estimate of drug-likeness (QED) is 0.0254. The summed E-state index contributed by atoms with van der Waals surface area (Å²) in [6, 6.07) is 26.2. The van der Waals surface area contributed by atoms with Crippen LogP contribution < -0.4 is 25.2 Å². The molecule has 10 rings (SSSR count). The highest BCUT2D eigenvalue weighted by atomic mass is 32.1. The molecule has 18 nitrogen and oxygen atoms in total. The Hall–Kier alpha value is -7.39. The normalized spacial score (nSPS) is 16.6. The molecule has 0 spiro atoms. The average Bonchev–Trinajstić information content (AvgIpc) is 2.73. The largest absolute Gasteiger partial charge is 0.493 e. The number of aryl methyl sites for hydroxylation is 2. The van der Waals surface area contributed by atoms with Gasteiger partial charge < -0.3 is 24.4 Å². The van der Waals surface area contributed by atoms with E-state index in [4.69, 9.17) is 29.2 Å². The molecule has 4 aromatic heterocycles. The van der Waals surface area contributed by atoms with Crippen LogP contribution >= 0.6 is 11.3 Å². The molecule has 3 aliphatic heterocycles. The topological polar surface area (TPSA) is 203 Å². The third-order valence-electron chi connectivity index (χ3n) is 15.7. The van der Waals surface area contributed by atoms with Crippen LogP contribution in [0.1, 0.15) is 109 Å². The number of ether oxygens (including phenoxy) is 3. The summed E-state index contributed by atoms with van der Waals surface area (Å²) < 4.78 is 21.3. The molecule has 7 aromatic rings. The number of esters is 1. The molecule has 2 atom stereocenters. The van der Waals surface area contributed by atoms with Crippen molar-refractivity contribution in [1.29, 1.82) is 0 Å². The van der Waals surface area contributed by atoms with Gasteiger partial charge >= 0.3 is 5.97 Å². The SMILES string of the molecule is Cc1cc(OC[C@@H](C)CC2CCN(CC(=O)Nc3ccc4c(C5CCC(=O)NC5=O)nn(C)c4c3)CC2)ccc1-c1ccc(N2CCc3ccnc(C(=O)N(COCC[Si](C)(C)C)c4nc5ccccc5s4)c3C2)nc1C(=O)OC(C)(C)C. The fourth-order valence-corrected chi connectivity index (χ4v) is 13.0. The minimum Gasteiger partial charge on any atom is -0.493 e. The predicted octanol–water partition coefficient (Wildman–Crippen LogP) is 10.7. The first kappa shape index (κ1) is 58.8. The Morgan fingerprint density at radius 3 is 2.45 bits per heavy atom. The molecule has 0 aliphatic carbocycles. The lowest BCUT2D eigenvalue weighted by atomic mass is 9.88. The Kier molecular flexibility index (Phi) is 17.6. The van der Waals surface area contributed by atoms with Crippen LogP contribution in [0.2, 0.25) is 25.7 Å². The summed E-state index contributed by atoms with van der Waals surface area (Å²) in [6.45, 7) is 20.7. The Bertz CT molecular complexity index is 3550. The number of pyridine rings is 2. The standard InChI is InChI=1S/C63H76N10O8SSi/c1-39(32-41-23-27-71(28-24-41)36-55(75)65-43-14-16-47-51(34-43)70(6)69-56(47)48-19-21-54(74)68-59(48)76)37-80-44-15-17-45(40(2)33-44)46-18-20-53(67-58(46)61(78)81-63(3,4)5)72-29-25-42-22-26-64-57(49(42)35-72)60(77)73(38-79-30-31-83(7,8)9)62-66-50-12-10-11-13-52(50)82-62/h10-18,20,22,26,33-34,39,41,48H,19,21,23-25,27-32,35-38H2,1-9H3,(H,65,75)(H,68,74,76)/t39-,48?/m0/s1. The number of anilines is 3. The van der Waals surface area contributed by atoms with Crippen molar-refractivity contribution in [3.8, 4) is 16.9 Å². The lowest BCUT2D eigenvalue weighted by Gasteiger charge is -2.32. The number of benzene rings is 3. The first-order chi connectivity index (χ1) is 39.6. The van der Waals surface area contributed by atoms with Crippen molar-refractivity contribution in [2.75, 3.05) is 61.2 Å². The maximum atomic E-state index is 14.8. The second kappa shape index (κ2) is 24.8. The number of carbonyl (C=O) groups excluding carboxylic acids is 5. The summed E-state index contributed by atoms with van der Waals surface area (Å²) in [7, 11) is 0.427. The number of hydrogen-bond donors (Lipinski definition) is 2. The van der Waals surface area contributed by atoms with E-state index in [1.54, 1.807) is 15.8 Å². The number of amides is 4. The molecule has 4 amide bonds. The van der Waals surface area contributed by atoms with Gasteiger partial charge in [-0.05, 0) is 168 Å². The number of thiazole rings is 1. The number of piperidine rings is 2. The number of likely N-dealkylation sites (tertiary alicyclic amines) is 1. The van der Waals surface area contributed by atoms with E-state index in [1.807, 2.05) is 114 Å². The molecule has 2 N–H and O–H groups in total. The Balaban J connectivity index is 0.757. The zero-order valence-electron chi connectivity index (χ0n) is 49.2. The van der Waals surface area contributed by atoms with Gasteiger partial charge in [0.2, 0.25) is 17.7 Å². The van der Waals surface area contributed by atoms with Crippen LogP contribution in [0, 0.1) is 18.8 Å². The van der Waals surface area contributed by atoms with Crippen LogP contribution in [-0.2, 0) is 43.9 Å². The highest BCUT2D eigenvalue weighted by Gasteiger charge is 2.34. The van der Waals surface area contributed by atoms with Crippen LogP contribution in [0.5, 0.6) is 5.75 Å². The van der Waals surface area contributed by atoms with Crippen LogP contribution in [0.25, 0.3) is 32.2 Å². The Morgan fingerprint density at radius 1 is 0.916 bits per heavy atom. The van der Waals surface area contributed by atoms with Crippen LogP contribution in [0.15, 0.2) is 85.1 Å². The van der Waals surface area contributed by atoms with E-state index in [0.717, 1.165) is 87.5 Å². The number of aromatic nitrogens is 5. The van der Waals surface area contributed by atoms with Crippen LogP contribution in [-0.4, -0.2) is 119 Å². The molecule has 2 fully saturated rings. The van der Waals surface area contributed by atoms with Gasteiger partial charge in [0.05, 0.1) is 40.5 Å². The first-order valence-electron chi connectivity index (χ1n) is 28.9. The van der Waals surface area contributed by atoms with E-state index in [-0.39, 0.29) is 42.5 Å². The second-order valence-electron chi connectivity index (χ2n) is 24.7. The molecule has 2 saturated heterocycles. The van der Waals surface area contributed by atoms with Crippen molar-refractivity contribution in [3.63, 3.8) is 0 Å². The minimum absolute atomic E-state index is 0.0498. The summed E-state index contributed by atoms with van der Waals surface area (Å²) in [5.74, 6) is 0.153. The van der Waals surface area contributed by atoms with Crippen LogP contribution in [0.4, 0.5) is 16.6 Å². The van der Waals surface area contributed by atoms with Crippen LogP contribution in [0.3, 0.4) is 0 Å². The second-order valence-corrected chi connectivity index (χ2v) is 31.4. The highest BCUT2D eigenvalue weighted by molar-refractivity contribution is 7.22. The van der Waals surface area contributed by atoms with E-state index in [0.29, 0.717) is 91.1 Å². The van der Waals surface area contributed by atoms with Gasteiger partial charge in [0.15, 0.2) is 10.8 Å². The summed E-state index contributed by atoms with van der Waals surface area (Å²) in [5, 5.41) is 11.5. The number of nitrogens with zero attached hydrogens (tertiary/aromatic N) is 8. The molecular formula is C63H76N10O8SSi. The molecular weight excluding hydrogens is 1080 g/mol. The molecule has 436 valence electrons. The molecule has 3 aliphatic rings. The number of hydrogen-bond acceptors (Lipinski definition) is 15. The van der Waals surface area contributed by atoms with Crippen molar-refractivity contribution in [3.05, 3.63) is 119 Å². The number of rotatable bonds is 19. The smallest absolute Gasteiger partial charge is 0.358 e. The maximum absolute atomic E-state index is 14.8. The summed E-state index contributed by atoms with van der Waals surface area (Å²) in [4.78, 5) is 87.1. The lowest BCUT2D eigenvalue weighted by molar-refractivity contribution is -0.134. The number of para-hydroxylation sites is 1. The van der Waals surface area contributed by atoms with E-state index >= 15 is 0 Å². The van der Waals surface area contributed by atoms with Crippen molar-refractivity contribution in [2.45, 2.75) is 117 Å². The van der Waals surface area contributed by atoms with Crippen molar-refractivity contribution in [1.82, 2.24) is 34.9 Å². The fraction of sp³-hybridized carbons (Fsp3) is 0.444. The van der Waals surface area contributed by atoms with E-state index in [2.05, 4.69) is 52.1 Å². The molecule has 3 aromatic carbocycles. The number of nitrogens with one attached hydrogen (secondary N) is 2. The number of carbonyl (C=O) groups is 5. The van der Waals surface area contributed by atoms with Gasteiger partial charge in [0, 0.05) is 69.6 Å². The van der Waals surface area contributed by atoms with E-state index in [9.17, 15) is 24.0 Å². The van der Waals surface area contributed by atoms with Gasteiger partial charge in [-0.2, -0.15) is 5.10 Å². The lowest BCUT2D eigenvalue weighted by Crippen LogP contribution is -2.39. The monoisotopic (exact) mass is 1160 g/mol. The Labute approximate surface area is 490 Å². The average molecular weight is 1160 g/mol. The zero-order chi connectivity index (χ0) is 58.7. The molecule has 0 bridgehead atoms. The van der Waals surface area contributed by atoms with Crippen molar-refractivity contribution >= 4 is 86.8 Å². The third kappa shape index (κ3) is 14.2. The van der Waals surface area contributed by atoms with Crippen molar-refractivity contribution < 1.29 is 38.2 Å². The molecule has 1 unspecified atom stereocenters. The van der Waals surface area contributed by atoms with Gasteiger partial charge in [-0.15, -0.1) is 0 Å². The van der Waals surface area contributed by atoms with Gasteiger partial charge in [-0.3, -0.25) is 44.0 Å². The number of imide groups is 1. The summed E-state index contributed by atoms with van der Waals surface area (Å²) >= 11 is 1.45. The van der Waals surface area contributed by atoms with Gasteiger partial charge in [0.1, 0.15) is 29.6 Å². The van der Waals surface area contributed by atoms with Crippen molar-refractivity contribution in [2.24, 2.45) is 18.9 Å². The van der Waals surface area contributed by atoms with E-state index < -0.39 is 25.6 Å². The predicted molar refractivity (Wildman–Crippen MR) is 327 cm³/mol. The summed E-state index contributed by atoms with van der Waals surface area (Å²) in [5.41, 5.74) is 6.92. The molecule has 83 heavy (non-hydrogen) atoms. The number of fused-ring (bicyclic) bond motifs is 3. The Morgan fingerprint density at radius 2 is 1.70 bits per heavy atom. The molecule has 20 heteroatoms.